The van der Waals surface area contributed by atoms with Crippen LogP contribution in [0.25, 0.3) is 0 Å². The number of para-hydroxylation sites is 1. The summed E-state index contributed by atoms with van der Waals surface area (Å²) in [7, 11) is 1.53. The first-order valence-corrected chi connectivity index (χ1v) is 4.74. The highest BCUT2D eigenvalue weighted by molar-refractivity contribution is 5.62. The summed E-state index contributed by atoms with van der Waals surface area (Å²) >= 11 is 0. The van der Waals surface area contributed by atoms with E-state index in [2.05, 4.69) is 5.32 Å². The van der Waals surface area contributed by atoms with Gasteiger partial charge in [0.1, 0.15) is 5.69 Å². The smallest absolute Gasteiger partial charge is 0.327 e. The maximum absolute atomic E-state index is 13.2. The second kappa shape index (κ2) is 5.41. The predicted molar refractivity (Wildman–Crippen MR) is 58.0 cm³/mol. The first-order chi connectivity index (χ1) is 7.56. The van der Waals surface area contributed by atoms with Crippen LogP contribution in [0.3, 0.4) is 0 Å². The van der Waals surface area contributed by atoms with Crippen LogP contribution in [0.5, 0.6) is 0 Å². The van der Waals surface area contributed by atoms with E-state index >= 15 is 0 Å². The third-order valence-electron chi connectivity index (χ3n) is 1.99. The van der Waals surface area contributed by atoms with E-state index < -0.39 is 16.4 Å². The molecule has 1 aromatic rings. The zero-order chi connectivity index (χ0) is 12.1. The maximum atomic E-state index is 13.2. The lowest BCUT2D eigenvalue weighted by molar-refractivity contribution is -0.386. The molecule has 1 rings (SSSR count). The van der Waals surface area contributed by atoms with E-state index in [1.165, 1.54) is 19.2 Å². The lowest BCUT2D eigenvalue weighted by Crippen LogP contribution is -2.21. The van der Waals surface area contributed by atoms with Crippen molar-refractivity contribution in [2.24, 2.45) is 0 Å². The van der Waals surface area contributed by atoms with Crippen LogP contribution in [0.1, 0.15) is 6.92 Å². The monoisotopic (exact) mass is 228 g/mol. The molecule has 0 saturated heterocycles. The zero-order valence-corrected chi connectivity index (χ0v) is 9.07. The summed E-state index contributed by atoms with van der Waals surface area (Å²) in [5, 5.41) is 13.5. The third-order valence-corrected chi connectivity index (χ3v) is 1.99. The SMILES string of the molecule is COCC(C)Nc1cccc(F)c1[N+](=O)[O-]. The Kier molecular flexibility index (Phi) is 4.19. The Hall–Kier alpha value is -1.69. The fraction of sp³-hybridized carbons (Fsp3) is 0.400. The van der Waals surface area contributed by atoms with Crippen LogP contribution in [0.4, 0.5) is 15.8 Å². The average Bonchev–Trinajstić information content (AvgIpc) is 2.17. The molecule has 1 unspecified atom stereocenters. The Morgan fingerprint density at radius 1 is 1.62 bits per heavy atom. The van der Waals surface area contributed by atoms with Gasteiger partial charge in [-0.2, -0.15) is 4.39 Å². The summed E-state index contributed by atoms with van der Waals surface area (Å²) in [4.78, 5) is 9.94. The van der Waals surface area contributed by atoms with Crippen LogP contribution < -0.4 is 5.32 Å². The van der Waals surface area contributed by atoms with Gasteiger partial charge in [-0.15, -0.1) is 0 Å². The van der Waals surface area contributed by atoms with Crippen LogP contribution in [0, 0.1) is 15.9 Å². The van der Waals surface area contributed by atoms with Gasteiger partial charge in [-0.3, -0.25) is 10.1 Å². The fourth-order valence-electron chi connectivity index (χ4n) is 1.37. The van der Waals surface area contributed by atoms with Gasteiger partial charge in [-0.25, -0.2) is 0 Å². The largest absolute Gasteiger partial charge is 0.383 e. The minimum Gasteiger partial charge on any atom is -0.383 e. The minimum absolute atomic E-state index is 0.134. The van der Waals surface area contributed by atoms with Gasteiger partial charge in [0.25, 0.3) is 0 Å². The number of methoxy groups -OCH3 is 1. The van der Waals surface area contributed by atoms with Crippen LogP contribution in [-0.4, -0.2) is 24.7 Å². The summed E-state index contributed by atoms with van der Waals surface area (Å²) in [6, 6.07) is 3.81. The number of nitro groups is 1. The molecule has 0 amide bonds. The van der Waals surface area contributed by atoms with Crippen LogP contribution in [0.15, 0.2) is 18.2 Å². The number of ether oxygens (including phenoxy) is 1. The van der Waals surface area contributed by atoms with Crippen LogP contribution in [-0.2, 0) is 4.74 Å². The average molecular weight is 228 g/mol. The predicted octanol–water partition coefficient (Wildman–Crippen LogP) is 2.18. The van der Waals surface area contributed by atoms with Gasteiger partial charge >= 0.3 is 5.69 Å². The minimum atomic E-state index is -0.848. The molecule has 0 spiro atoms. The Morgan fingerprint density at radius 3 is 2.88 bits per heavy atom. The molecule has 0 aliphatic heterocycles. The van der Waals surface area contributed by atoms with Crippen molar-refractivity contribution in [3.8, 4) is 0 Å². The normalized spacial score (nSPS) is 12.2. The highest BCUT2D eigenvalue weighted by atomic mass is 19.1. The second-order valence-corrected chi connectivity index (χ2v) is 3.39. The molecular formula is C10H13FN2O3. The van der Waals surface area contributed by atoms with E-state index in [1.54, 1.807) is 6.92 Å². The Morgan fingerprint density at radius 2 is 2.31 bits per heavy atom. The van der Waals surface area contributed by atoms with Crippen molar-refractivity contribution in [3.05, 3.63) is 34.1 Å². The molecule has 0 aromatic heterocycles. The number of nitrogens with one attached hydrogen (secondary N) is 1. The molecule has 1 N–H and O–H groups in total. The number of nitro benzene ring substituents is 1. The lowest BCUT2D eigenvalue weighted by atomic mass is 10.2. The molecule has 0 bridgehead atoms. The Balaban J connectivity index is 2.95. The van der Waals surface area contributed by atoms with E-state index in [-0.39, 0.29) is 11.7 Å². The lowest BCUT2D eigenvalue weighted by Gasteiger charge is -2.14. The van der Waals surface area contributed by atoms with E-state index in [0.29, 0.717) is 6.61 Å². The molecule has 5 nitrogen and oxygen atoms in total. The quantitative estimate of drug-likeness (QED) is 0.619. The first-order valence-electron chi connectivity index (χ1n) is 4.74. The molecule has 1 aromatic carbocycles. The van der Waals surface area contributed by atoms with Crippen molar-refractivity contribution in [2.75, 3.05) is 19.0 Å². The van der Waals surface area contributed by atoms with Crippen LogP contribution >= 0.6 is 0 Å². The number of benzene rings is 1. The van der Waals surface area contributed by atoms with E-state index in [4.69, 9.17) is 4.74 Å². The third kappa shape index (κ3) is 2.90. The molecular weight excluding hydrogens is 215 g/mol. The summed E-state index contributed by atoms with van der Waals surface area (Å²) in [5.74, 6) is -0.848. The maximum Gasteiger partial charge on any atom is 0.327 e. The molecule has 16 heavy (non-hydrogen) atoms. The van der Waals surface area contributed by atoms with Gasteiger partial charge in [0, 0.05) is 13.2 Å². The fourth-order valence-corrected chi connectivity index (χ4v) is 1.37. The first kappa shape index (κ1) is 12.4. The summed E-state index contributed by atoms with van der Waals surface area (Å²) in [6.07, 6.45) is 0. The molecule has 0 aliphatic rings. The van der Waals surface area contributed by atoms with Gasteiger partial charge in [-0.1, -0.05) is 6.07 Å². The van der Waals surface area contributed by atoms with Crippen molar-refractivity contribution >= 4 is 11.4 Å². The molecule has 0 radical (unpaired) electrons. The Bertz CT molecular complexity index is 384. The van der Waals surface area contributed by atoms with Gasteiger partial charge in [0.05, 0.1) is 11.5 Å². The molecule has 0 fully saturated rings. The number of halogens is 1. The van der Waals surface area contributed by atoms with Crippen LogP contribution in [0.2, 0.25) is 0 Å². The Labute approximate surface area is 92.4 Å². The van der Waals surface area contributed by atoms with E-state index in [0.717, 1.165) is 6.07 Å². The van der Waals surface area contributed by atoms with Crippen molar-refractivity contribution in [1.82, 2.24) is 0 Å². The molecule has 0 saturated carbocycles. The number of anilines is 1. The number of rotatable bonds is 5. The molecule has 88 valence electrons. The molecule has 0 aliphatic carbocycles. The zero-order valence-electron chi connectivity index (χ0n) is 9.07. The molecule has 6 heteroatoms. The van der Waals surface area contributed by atoms with E-state index in [1.807, 2.05) is 0 Å². The van der Waals surface area contributed by atoms with Gasteiger partial charge in [0.2, 0.25) is 5.82 Å². The number of nitrogens with zero attached hydrogens (tertiary/aromatic N) is 1. The van der Waals surface area contributed by atoms with Gasteiger partial charge < -0.3 is 10.1 Å². The molecule has 1 atom stereocenters. The van der Waals surface area contributed by atoms with Crippen molar-refractivity contribution in [3.63, 3.8) is 0 Å². The van der Waals surface area contributed by atoms with Gasteiger partial charge in [0.15, 0.2) is 0 Å². The summed E-state index contributed by atoms with van der Waals surface area (Å²) in [6.45, 7) is 2.17. The van der Waals surface area contributed by atoms with Gasteiger partial charge in [-0.05, 0) is 19.1 Å². The standard InChI is InChI=1S/C10H13FN2O3/c1-7(6-16-2)12-9-5-3-4-8(11)10(9)13(14)15/h3-5,7,12H,6H2,1-2H3. The number of hydrogen-bond donors (Lipinski definition) is 1. The molecule has 0 heterocycles. The summed E-state index contributed by atoms with van der Waals surface area (Å²) < 4.78 is 18.1. The van der Waals surface area contributed by atoms with E-state index in [9.17, 15) is 14.5 Å². The summed E-state index contributed by atoms with van der Waals surface area (Å²) in [5.41, 5.74) is -0.375. The topological polar surface area (TPSA) is 64.4 Å². The number of hydrogen-bond acceptors (Lipinski definition) is 4. The second-order valence-electron chi connectivity index (χ2n) is 3.39. The van der Waals surface area contributed by atoms with Crippen molar-refractivity contribution < 1.29 is 14.1 Å². The van der Waals surface area contributed by atoms with Crippen molar-refractivity contribution in [2.45, 2.75) is 13.0 Å². The highest BCUT2D eigenvalue weighted by Crippen LogP contribution is 2.27. The highest BCUT2D eigenvalue weighted by Gasteiger charge is 2.20. The van der Waals surface area contributed by atoms with Crippen molar-refractivity contribution in [1.29, 1.82) is 0 Å².